The van der Waals surface area contributed by atoms with Crippen LogP contribution in [0.5, 0.6) is 0 Å². The third kappa shape index (κ3) is 2.78. The molecular weight excluding hydrogens is 244 g/mol. The Morgan fingerprint density at radius 1 is 0.800 bits per heavy atom. The molecule has 1 N–H and O–H groups in total. The first-order chi connectivity index (χ1) is 9.78. The first kappa shape index (κ1) is 13.4. The van der Waals surface area contributed by atoms with Crippen LogP contribution in [0.3, 0.4) is 0 Å². The molecule has 104 valence electrons. The molecule has 0 bridgehead atoms. The third-order valence-electron chi connectivity index (χ3n) is 4.44. The molecule has 0 saturated heterocycles. The average molecular weight is 266 g/mol. The molecule has 1 saturated carbocycles. The molecule has 0 radical (unpaired) electrons. The lowest BCUT2D eigenvalue weighted by Gasteiger charge is -2.34. The van der Waals surface area contributed by atoms with Gasteiger partial charge < -0.3 is 5.11 Å². The monoisotopic (exact) mass is 266 g/mol. The van der Waals surface area contributed by atoms with Gasteiger partial charge in [0.1, 0.15) is 0 Å². The van der Waals surface area contributed by atoms with Crippen LogP contribution in [0.25, 0.3) is 0 Å². The summed E-state index contributed by atoms with van der Waals surface area (Å²) in [5.74, 6) is 0. The molecule has 2 aromatic carbocycles. The van der Waals surface area contributed by atoms with Crippen molar-refractivity contribution in [3.8, 4) is 0 Å². The summed E-state index contributed by atoms with van der Waals surface area (Å²) in [5, 5.41) is 11.0. The second-order valence-electron chi connectivity index (χ2n) is 5.91. The van der Waals surface area contributed by atoms with Gasteiger partial charge in [-0.25, -0.2) is 0 Å². The van der Waals surface area contributed by atoms with Crippen molar-refractivity contribution >= 4 is 0 Å². The Morgan fingerprint density at radius 2 is 1.45 bits per heavy atom. The Labute approximate surface area is 121 Å². The minimum absolute atomic E-state index is 0.608. The van der Waals surface area contributed by atoms with Gasteiger partial charge in [0.15, 0.2) is 0 Å². The van der Waals surface area contributed by atoms with Crippen molar-refractivity contribution in [2.75, 3.05) is 0 Å². The van der Waals surface area contributed by atoms with Crippen LogP contribution in [0.15, 0.2) is 54.6 Å². The third-order valence-corrected chi connectivity index (χ3v) is 4.44. The molecule has 0 spiro atoms. The zero-order valence-electron chi connectivity index (χ0n) is 11.9. The molecule has 0 unspecified atom stereocenters. The summed E-state index contributed by atoms with van der Waals surface area (Å²) < 4.78 is 0. The lowest BCUT2D eigenvalue weighted by atomic mass is 9.77. The van der Waals surface area contributed by atoms with Gasteiger partial charge in [-0.2, -0.15) is 0 Å². The van der Waals surface area contributed by atoms with Crippen LogP contribution in [0.4, 0.5) is 0 Å². The molecule has 0 amide bonds. The van der Waals surface area contributed by atoms with Crippen molar-refractivity contribution in [2.45, 2.75) is 44.1 Å². The van der Waals surface area contributed by atoms with E-state index in [2.05, 4.69) is 48.5 Å². The second-order valence-corrected chi connectivity index (χ2v) is 5.91. The molecule has 2 aromatic rings. The lowest BCUT2D eigenvalue weighted by Crippen LogP contribution is -2.29. The van der Waals surface area contributed by atoms with Crippen molar-refractivity contribution in [1.29, 1.82) is 0 Å². The van der Waals surface area contributed by atoms with Crippen LogP contribution in [-0.4, -0.2) is 5.11 Å². The zero-order chi connectivity index (χ0) is 13.8. The molecule has 20 heavy (non-hydrogen) atoms. The SMILES string of the molecule is OC1(c2ccccc2Cc2ccccc2)CCCCC1. The maximum absolute atomic E-state index is 11.0. The van der Waals surface area contributed by atoms with Gasteiger partial charge in [0.2, 0.25) is 0 Å². The van der Waals surface area contributed by atoms with Crippen LogP contribution in [-0.2, 0) is 12.0 Å². The van der Waals surface area contributed by atoms with E-state index in [-0.39, 0.29) is 0 Å². The smallest absolute Gasteiger partial charge is 0.0899 e. The van der Waals surface area contributed by atoms with Crippen LogP contribution >= 0.6 is 0 Å². The van der Waals surface area contributed by atoms with E-state index in [1.54, 1.807) is 0 Å². The van der Waals surface area contributed by atoms with Crippen molar-refractivity contribution in [2.24, 2.45) is 0 Å². The van der Waals surface area contributed by atoms with Crippen molar-refractivity contribution in [3.63, 3.8) is 0 Å². The van der Waals surface area contributed by atoms with E-state index < -0.39 is 5.60 Å². The molecule has 1 aliphatic carbocycles. The van der Waals surface area contributed by atoms with Gasteiger partial charge in [-0.3, -0.25) is 0 Å². The van der Waals surface area contributed by atoms with Crippen molar-refractivity contribution < 1.29 is 5.11 Å². The Balaban J connectivity index is 1.92. The number of rotatable bonds is 3. The number of benzene rings is 2. The van der Waals surface area contributed by atoms with Gasteiger partial charge in [-0.05, 0) is 36.0 Å². The lowest BCUT2D eigenvalue weighted by molar-refractivity contribution is -0.00132. The highest BCUT2D eigenvalue weighted by molar-refractivity contribution is 5.36. The van der Waals surface area contributed by atoms with Gasteiger partial charge in [0.25, 0.3) is 0 Å². The molecule has 1 fully saturated rings. The number of aliphatic hydroxyl groups is 1. The maximum atomic E-state index is 11.0. The van der Waals surface area contributed by atoms with E-state index in [0.29, 0.717) is 0 Å². The summed E-state index contributed by atoms with van der Waals surface area (Å²) in [7, 11) is 0. The summed E-state index contributed by atoms with van der Waals surface area (Å²) in [6, 6.07) is 18.9. The Kier molecular flexibility index (Phi) is 3.88. The van der Waals surface area contributed by atoms with E-state index >= 15 is 0 Å². The second kappa shape index (κ2) is 5.80. The van der Waals surface area contributed by atoms with Gasteiger partial charge in [-0.1, -0.05) is 73.9 Å². The topological polar surface area (TPSA) is 20.2 Å². The summed E-state index contributed by atoms with van der Waals surface area (Å²) in [6.07, 6.45) is 6.23. The first-order valence-corrected chi connectivity index (χ1v) is 7.63. The highest BCUT2D eigenvalue weighted by Gasteiger charge is 2.32. The molecule has 0 atom stereocenters. The molecule has 3 rings (SSSR count). The maximum Gasteiger partial charge on any atom is 0.0899 e. The van der Waals surface area contributed by atoms with Gasteiger partial charge >= 0.3 is 0 Å². The molecule has 0 aromatic heterocycles. The van der Waals surface area contributed by atoms with Crippen LogP contribution in [0.1, 0.15) is 48.8 Å². The minimum Gasteiger partial charge on any atom is -0.385 e. The Morgan fingerprint density at radius 3 is 2.20 bits per heavy atom. The van der Waals surface area contributed by atoms with Gasteiger partial charge in [0.05, 0.1) is 5.60 Å². The van der Waals surface area contributed by atoms with Crippen molar-refractivity contribution in [1.82, 2.24) is 0 Å². The predicted molar refractivity (Wildman–Crippen MR) is 82.7 cm³/mol. The molecule has 1 heteroatoms. The Bertz CT molecular complexity index is 553. The van der Waals surface area contributed by atoms with Gasteiger partial charge in [-0.15, -0.1) is 0 Å². The molecule has 1 nitrogen and oxygen atoms in total. The first-order valence-electron chi connectivity index (χ1n) is 7.63. The average Bonchev–Trinajstić information content (AvgIpc) is 2.49. The van der Waals surface area contributed by atoms with E-state index in [9.17, 15) is 5.11 Å². The number of hydrogen-bond donors (Lipinski definition) is 1. The fraction of sp³-hybridized carbons (Fsp3) is 0.368. The normalized spacial score (nSPS) is 17.9. The standard InChI is InChI=1S/C19H22O/c20-19(13-7-2-8-14-19)18-12-6-5-11-17(18)15-16-9-3-1-4-10-16/h1,3-6,9-12,20H,2,7-8,13-15H2. The van der Waals surface area contributed by atoms with E-state index in [4.69, 9.17) is 0 Å². The largest absolute Gasteiger partial charge is 0.385 e. The molecule has 1 aliphatic rings. The molecule has 0 heterocycles. The highest BCUT2D eigenvalue weighted by Crippen LogP contribution is 2.38. The quantitative estimate of drug-likeness (QED) is 0.871. The van der Waals surface area contributed by atoms with E-state index in [0.717, 1.165) is 37.7 Å². The highest BCUT2D eigenvalue weighted by atomic mass is 16.3. The predicted octanol–water partition coefficient (Wildman–Crippen LogP) is 4.43. The molecular formula is C19H22O. The van der Waals surface area contributed by atoms with E-state index in [1.807, 2.05) is 6.07 Å². The summed E-state index contributed by atoms with van der Waals surface area (Å²) in [6.45, 7) is 0. The minimum atomic E-state index is -0.608. The fourth-order valence-electron chi connectivity index (χ4n) is 3.35. The summed E-state index contributed by atoms with van der Waals surface area (Å²) in [5.41, 5.74) is 3.11. The van der Waals surface area contributed by atoms with Gasteiger partial charge in [0, 0.05) is 0 Å². The Hall–Kier alpha value is -1.60. The molecule has 0 aliphatic heterocycles. The van der Waals surface area contributed by atoms with Crippen LogP contribution in [0, 0.1) is 0 Å². The summed E-state index contributed by atoms with van der Waals surface area (Å²) in [4.78, 5) is 0. The van der Waals surface area contributed by atoms with Crippen LogP contribution in [0.2, 0.25) is 0 Å². The fourth-order valence-corrected chi connectivity index (χ4v) is 3.35. The number of hydrogen-bond acceptors (Lipinski definition) is 1. The zero-order valence-corrected chi connectivity index (χ0v) is 11.9. The summed E-state index contributed by atoms with van der Waals surface area (Å²) >= 11 is 0. The van der Waals surface area contributed by atoms with E-state index in [1.165, 1.54) is 17.5 Å². The van der Waals surface area contributed by atoms with Crippen molar-refractivity contribution in [3.05, 3.63) is 71.3 Å². The van der Waals surface area contributed by atoms with Crippen LogP contribution < -0.4 is 0 Å².